The molecule has 118 valence electrons. The average molecular weight is 308 g/mol. The summed E-state index contributed by atoms with van der Waals surface area (Å²) in [7, 11) is 1.72. The van der Waals surface area contributed by atoms with Crippen LogP contribution >= 0.6 is 0 Å². The van der Waals surface area contributed by atoms with Gasteiger partial charge in [-0.3, -0.25) is 4.57 Å². The number of rotatable bonds is 5. The first-order chi connectivity index (χ1) is 11.2. The molecule has 0 amide bonds. The Morgan fingerprint density at radius 3 is 2.65 bits per heavy atom. The molecule has 0 saturated heterocycles. The van der Waals surface area contributed by atoms with Crippen LogP contribution in [0.4, 0.5) is 0 Å². The normalized spacial score (nSPS) is 13.0. The molecule has 0 aliphatic carbocycles. The molecule has 0 spiro atoms. The predicted octanol–water partition coefficient (Wildman–Crippen LogP) is 3.48. The van der Waals surface area contributed by atoms with E-state index in [1.54, 1.807) is 30.0 Å². The highest BCUT2D eigenvalue weighted by Crippen LogP contribution is 2.20. The van der Waals surface area contributed by atoms with Crippen LogP contribution in [0.1, 0.15) is 26.7 Å². The van der Waals surface area contributed by atoms with Crippen LogP contribution in [-0.4, -0.2) is 15.3 Å². The van der Waals surface area contributed by atoms with Crippen molar-refractivity contribution < 1.29 is 0 Å². The number of aliphatic imine (C=N–C) groups is 1. The van der Waals surface area contributed by atoms with Crippen molar-refractivity contribution in [2.45, 2.75) is 26.7 Å². The molecule has 5 heteroatoms. The number of fused-ring (bicyclic) bond motifs is 1. The molecule has 1 aromatic carbocycles. The Morgan fingerprint density at radius 2 is 2.04 bits per heavy atom. The number of hydrogen-bond donors (Lipinski definition) is 0. The van der Waals surface area contributed by atoms with Crippen molar-refractivity contribution in [1.29, 1.82) is 5.26 Å². The van der Waals surface area contributed by atoms with Gasteiger partial charge in [-0.05, 0) is 31.6 Å². The first kappa shape index (κ1) is 16.5. The molecule has 0 unspecified atom stereocenters. The number of nitrogens with zero attached hydrogens (tertiary/aromatic N) is 4. The lowest BCUT2D eigenvalue weighted by Crippen LogP contribution is -2.22. The van der Waals surface area contributed by atoms with Crippen molar-refractivity contribution in [3.05, 3.63) is 52.5 Å². The van der Waals surface area contributed by atoms with Crippen molar-refractivity contribution >= 4 is 23.1 Å². The topological polar surface area (TPSA) is 63.1 Å². The molecule has 2 aromatic rings. The van der Waals surface area contributed by atoms with Crippen molar-refractivity contribution in [2.24, 2.45) is 12.0 Å². The number of aryl methyl sites for hydroxylation is 1. The summed E-state index contributed by atoms with van der Waals surface area (Å²) >= 11 is 0. The number of hydrogen-bond acceptors (Lipinski definition) is 3. The van der Waals surface area contributed by atoms with Crippen LogP contribution in [0.25, 0.3) is 16.9 Å². The van der Waals surface area contributed by atoms with Gasteiger partial charge in [0.15, 0.2) is 5.82 Å². The lowest BCUT2D eigenvalue weighted by Gasteiger charge is -2.05. The fourth-order valence-corrected chi connectivity index (χ4v) is 2.35. The number of unbranched alkanes of at least 4 members (excludes halogenated alkanes) is 1. The summed E-state index contributed by atoms with van der Waals surface area (Å²) in [5, 5.41) is 9.46. The standard InChI is InChI=1S/C18H20N4O/c1-4-6-12-20-17(14(13-19)9-5-2)22-16-11-8-7-10-15(16)21(3)18(22)23/h5,7-12H,4,6H2,1-3H3/b9-5-,17-14-,20-12?. The van der Waals surface area contributed by atoms with Crippen LogP contribution in [-0.2, 0) is 7.05 Å². The Bertz CT molecular complexity index is 888. The Labute approximate surface area is 135 Å². The second-order valence-electron chi connectivity index (χ2n) is 5.12. The highest BCUT2D eigenvalue weighted by Gasteiger charge is 2.15. The van der Waals surface area contributed by atoms with Crippen LogP contribution in [0.15, 0.2) is 51.8 Å². The van der Waals surface area contributed by atoms with Crippen LogP contribution in [0.5, 0.6) is 0 Å². The molecule has 1 aromatic heterocycles. The summed E-state index contributed by atoms with van der Waals surface area (Å²) in [6.45, 7) is 3.88. The van der Waals surface area contributed by atoms with E-state index in [0.717, 1.165) is 23.9 Å². The second-order valence-corrected chi connectivity index (χ2v) is 5.12. The Kier molecular flexibility index (Phi) is 5.32. The minimum absolute atomic E-state index is 0.216. The van der Waals surface area contributed by atoms with E-state index in [1.807, 2.05) is 31.2 Å². The molecule has 23 heavy (non-hydrogen) atoms. The molecular weight excluding hydrogens is 288 g/mol. The van der Waals surface area contributed by atoms with Crippen LogP contribution < -0.4 is 5.69 Å². The summed E-state index contributed by atoms with van der Waals surface area (Å²) in [6.07, 6.45) is 6.94. The summed E-state index contributed by atoms with van der Waals surface area (Å²) in [5.41, 5.74) is 1.68. The quantitative estimate of drug-likeness (QED) is 0.482. The number of nitriles is 1. The third-order valence-electron chi connectivity index (χ3n) is 3.50. The number of aromatic nitrogens is 2. The monoisotopic (exact) mass is 308 g/mol. The lowest BCUT2D eigenvalue weighted by atomic mass is 10.2. The van der Waals surface area contributed by atoms with Crippen molar-refractivity contribution in [3.63, 3.8) is 0 Å². The van der Waals surface area contributed by atoms with E-state index in [-0.39, 0.29) is 5.69 Å². The molecule has 1 heterocycles. The molecule has 0 radical (unpaired) electrons. The molecule has 0 saturated carbocycles. The molecule has 5 nitrogen and oxygen atoms in total. The highest BCUT2D eigenvalue weighted by atomic mass is 16.1. The van der Waals surface area contributed by atoms with Gasteiger partial charge in [-0.2, -0.15) is 5.26 Å². The van der Waals surface area contributed by atoms with Crippen molar-refractivity contribution in [1.82, 2.24) is 9.13 Å². The van der Waals surface area contributed by atoms with Gasteiger partial charge in [0.25, 0.3) is 0 Å². The van der Waals surface area contributed by atoms with E-state index in [1.165, 1.54) is 4.57 Å². The third kappa shape index (κ3) is 3.16. The maximum atomic E-state index is 12.7. The fraction of sp³-hybridized carbons (Fsp3) is 0.278. The molecule has 0 atom stereocenters. The zero-order valence-corrected chi connectivity index (χ0v) is 13.7. The number of imidazole rings is 1. The summed E-state index contributed by atoms with van der Waals surface area (Å²) < 4.78 is 3.06. The number of para-hydroxylation sites is 2. The Hall–Kier alpha value is -2.87. The van der Waals surface area contributed by atoms with Gasteiger partial charge in [0, 0.05) is 13.3 Å². The van der Waals surface area contributed by atoms with Gasteiger partial charge >= 0.3 is 5.69 Å². The molecule has 0 aliphatic rings. The molecule has 0 bridgehead atoms. The number of benzene rings is 1. The smallest absolute Gasteiger partial charge is 0.295 e. The van der Waals surface area contributed by atoms with E-state index < -0.39 is 0 Å². The van der Waals surface area contributed by atoms with E-state index in [4.69, 9.17) is 0 Å². The molecule has 0 N–H and O–H groups in total. The van der Waals surface area contributed by atoms with Gasteiger partial charge in [-0.25, -0.2) is 14.4 Å². The van der Waals surface area contributed by atoms with Gasteiger partial charge in [0.2, 0.25) is 0 Å². The van der Waals surface area contributed by atoms with E-state index in [9.17, 15) is 10.1 Å². The van der Waals surface area contributed by atoms with Crippen molar-refractivity contribution in [2.75, 3.05) is 0 Å². The van der Waals surface area contributed by atoms with Gasteiger partial charge in [0.1, 0.15) is 6.07 Å². The third-order valence-corrected chi connectivity index (χ3v) is 3.50. The summed E-state index contributed by atoms with van der Waals surface area (Å²) in [5.74, 6) is 0.362. The largest absolute Gasteiger partial charge is 0.334 e. The Morgan fingerprint density at radius 1 is 1.35 bits per heavy atom. The van der Waals surface area contributed by atoms with E-state index in [0.29, 0.717) is 11.4 Å². The van der Waals surface area contributed by atoms with Crippen molar-refractivity contribution in [3.8, 4) is 6.07 Å². The van der Waals surface area contributed by atoms with Crippen LogP contribution in [0.2, 0.25) is 0 Å². The minimum Gasteiger partial charge on any atom is -0.295 e. The zero-order valence-electron chi connectivity index (χ0n) is 13.7. The molecular formula is C18H20N4O. The second kappa shape index (κ2) is 7.41. The molecule has 0 aliphatic heterocycles. The molecule has 0 fully saturated rings. The molecule has 2 rings (SSSR count). The SMILES string of the molecule is C/C=C\C(C#N)=C(/N=CCCC)n1c(=O)n(C)c2ccccc21. The van der Waals surface area contributed by atoms with E-state index >= 15 is 0 Å². The average Bonchev–Trinajstić information content (AvgIpc) is 2.82. The predicted molar refractivity (Wildman–Crippen MR) is 94.2 cm³/mol. The maximum Gasteiger partial charge on any atom is 0.334 e. The highest BCUT2D eigenvalue weighted by molar-refractivity contribution is 5.82. The summed E-state index contributed by atoms with van der Waals surface area (Å²) in [4.78, 5) is 17.1. The van der Waals surface area contributed by atoms with E-state index in [2.05, 4.69) is 18.0 Å². The minimum atomic E-state index is -0.216. The lowest BCUT2D eigenvalue weighted by molar-refractivity contribution is 0.847. The van der Waals surface area contributed by atoms with Gasteiger partial charge in [-0.15, -0.1) is 0 Å². The number of allylic oxidation sites excluding steroid dienone is 3. The van der Waals surface area contributed by atoms with Crippen LogP contribution in [0, 0.1) is 11.3 Å². The maximum absolute atomic E-state index is 12.7. The fourth-order valence-electron chi connectivity index (χ4n) is 2.35. The Balaban J connectivity index is 2.83. The van der Waals surface area contributed by atoms with Gasteiger partial charge < -0.3 is 0 Å². The summed E-state index contributed by atoms with van der Waals surface area (Å²) in [6, 6.07) is 9.63. The van der Waals surface area contributed by atoms with Crippen LogP contribution in [0.3, 0.4) is 0 Å². The van der Waals surface area contributed by atoms with Gasteiger partial charge in [0.05, 0.1) is 16.6 Å². The van der Waals surface area contributed by atoms with Gasteiger partial charge in [-0.1, -0.05) is 31.6 Å². The first-order valence-corrected chi connectivity index (χ1v) is 7.62. The zero-order chi connectivity index (χ0) is 16.8. The first-order valence-electron chi connectivity index (χ1n) is 7.62.